The van der Waals surface area contributed by atoms with Crippen LogP contribution in [-0.4, -0.2) is 70.4 Å². The molecule has 0 radical (unpaired) electrons. The Morgan fingerprint density at radius 1 is 1.10 bits per heavy atom. The maximum absolute atomic E-state index is 12.8. The number of amides is 3. The van der Waals surface area contributed by atoms with E-state index in [1.807, 2.05) is 0 Å². The van der Waals surface area contributed by atoms with E-state index in [-0.39, 0.29) is 29.9 Å². The monoisotopic (exact) mass is 452 g/mol. The molecule has 31 heavy (non-hydrogen) atoms. The van der Waals surface area contributed by atoms with E-state index in [9.17, 15) is 24.3 Å². The summed E-state index contributed by atoms with van der Waals surface area (Å²) >= 11 is 4.14. The average Bonchev–Trinajstić information content (AvgIpc) is 3.27. The number of thiol groups is 1. The zero-order valence-corrected chi connectivity index (χ0v) is 18.0. The number of phenols is 1. The first-order chi connectivity index (χ1) is 14.7. The van der Waals surface area contributed by atoms with Gasteiger partial charge in [0.2, 0.25) is 17.7 Å². The minimum atomic E-state index is -1.22. The standard InChI is InChI=1S/C20H28N4O6S/c1-11(20(29)30)22-18(27)15(9-12-4-6-13(25)7-5-12)23-19(28)16(10-31)24-17(26)14-3-2-8-21-14/h4-7,11,14-16,21,25,31H,2-3,8-10H2,1H3,(H,22,27)(H,23,28)(H,24,26)(H,29,30). The molecule has 10 nitrogen and oxygen atoms in total. The van der Waals surface area contributed by atoms with Gasteiger partial charge in [0.25, 0.3) is 0 Å². The summed E-state index contributed by atoms with van der Waals surface area (Å²) in [6.45, 7) is 2.04. The first-order valence-electron chi connectivity index (χ1n) is 9.97. The zero-order chi connectivity index (χ0) is 23.0. The third-order valence-corrected chi connectivity index (χ3v) is 5.30. The number of carbonyl (C=O) groups excluding carboxylic acids is 3. The molecule has 0 saturated carbocycles. The van der Waals surface area contributed by atoms with Gasteiger partial charge >= 0.3 is 5.97 Å². The van der Waals surface area contributed by atoms with Gasteiger partial charge in [0.05, 0.1) is 6.04 Å². The molecule has 4 atom stereocenters. The highest BCUT2D eigenvalue weighted by molar-refractivity contribution is 7.80. The molecule has 1 aliphatic heterocycles. The van der Waals surface area contributed by atoms with E-state index >= 15 is 0 Å². The van der Waals surface area contributed by atoms with E-state index in [2.05, 4.69) is 33.9 Å². The van der Waals surface area contributed by atoms with Gasteiger partial charge in [-0.05, 0) is 44.0 Å². The summed E-state index contributed by atoms with van der Waals surface area (Å²) in [6, 6.07) is 2.48. The number of aromatic hydroxyl groups is 1. The third-order valence-electron chi connectivity index (χ3n) is 4.93. The number of carbonyl (C=O) groups is 4. The molecular formula is C20H28N4O6S. The number of benzene rings is 1. The van der Waals surface area contributed by atoms with Crippen molar-refractivity contribution in [1.29, 1.82) is 0 Å². The van der Waals surface area contributed by atoms with Gasteiger partial charge in [0, 0.05) is 12.2 Å². The van der Waals surface area contributed by atoms with Crippen molar-refractivity contribution < 1.29 is 29.4 Å². The van der Waals surface area contributed by atoms with Crippen molar-refractivity contribution in [2.75, 3.05) is 12.3 Å². The van der Waals surface area contributed by atoms with Crippen molar-refractivity contribution >= 4 is 36.3 Å². The number of hydrogen-bond acceptors (Lipinski definition) is 7. The smallest absolute Gasteiger partial charge is 0.325 e. The molecule has 1 saturated heterocycles. The third kappa shape index (κ3) is 7.44. The van der Waals surface area contributed by atoms with E-state index in [0.717, 1.165) is 13.0 Å². The van der Waals surface area contributed by atoms with Gasteiger partial charge in [-0.1, -0.05) is 12.1 Å². The van der Waals surface area contributed by atoms with Gasteiger partial charge in [0.1, 0.15) is 23.9 Å². The Balaban J connectivity index is 2.10. The fraction of sp³-hybridized carbons (Fsp3) is 0.500. The Morgan fingerprint density at radius 2 is 1.74 bits per heavy atom. The molecule has 6 N–H and O–H groups in total. The van der Waals surface area contributed by atoms with Crippen molar-refractivity contribution in [3.8, 4) is 5.75 Å². The molecule has 1 aliphatic rings. The molecule has 0 bridgehead atoms. The summed E-state index contributed by atoms with van der Waals surface area (Å²) in [6.07, 6.45) is 1.60. The van der Waals surface area contributed by atoms with Crippen LogP contribution >= 0.6 is 12.6 Å². The lowest BCUT2D eigenvalue weighted by molar-refractivity contribution is -0.141. The first-order valence-corrected chi connectivity index (χ1v) is 10.6. The Morgan fingerprint density at radius 3 is 2.29 bits per heavy atom. The number of aliphatic carboxylic acids is 1. The van der Waals surface area contributed by atoms with Crippen molar-refractivity contribution in [2.45, 2.75) is 50.4 Å². The van der Waals surface area contributed by atoms with Crippen LogP contribution in [0.1, 0.15) is 25.3 Å². The van der Waals surface area contributed by atoms with E-state index in [0.29, 0.717) is 12.0 Å². The predicted octanol–water partition coefficient (Wildman–Crippen LogP) is -0.825. The Bertz CT molecular complexity index is 797. The number of phenolic OH excluding ortho intramolecular Hbond substituents is 1. The van der Waals surface area contributed by atoms with Crippen molar-refractivity contribution in [2.24, 2.45) is 0 Å². The lowest BCUT2D eigenvalue weighted by Gasteiger charge is -2.24. The first kappa shape index (κ1) is 24.5. The lowest BCUT2D eigenvalue weighted by Crippen LogP contribution is -2.57. The minimum absolute atomic E-state index is 0.0172. The highest BCUT2D eigenvalue weighted by Crippen LogP contribution is 2.12. The average molecular weight is 453 g/mol. The van der Waals surface area contributed by atoms with Gasteiger partial charge in [-0.3, -0.25) is 19.2 Å². The van der Waals surface area contributed by atoms with Crippen LogP contribution in [0.3, 0.4) is 0 Å². The van der Waals surface area contributed by atoms with Crippen LogP contribution in [-0.2, 0) is 25.6 Å². The second-order valence-electron chi connectivity index (χ2n) is 7.39. The SMILES string of the molecule is CC(NC(=O)C(Cc1ccc(O)cc1)NC(=O)C(CS)NC(=O)C1CCCN1)C(=O)O. The van der Waals surface area contributed by atoms with Gasteiger partial charge in [-0.2, -0.15) is 12.6 Å². The van der Waals surface area contributed by atoms with Gasteiger partial charge in [0.15, 0.2) is 0 Å². The van der Waals surface area contributed by atoms with E-state index in [1.165, 1.54) is 19.1 Å². The molecule has 0 spiro atoms. The molecule has 11 heteroatoms. The largest absolute Gasteiger partial charge is 0.508 e. The Kier molecular flexibility index (Phi) is 9.13. The number of hydrogen-bond donors (Lipinski definition) is 7. The van der Waals surface area contributed by atoms with E-state index in [1.54, 1.807) is 12.1 Å². The Labute approximate surface area is 185 Å². The molecule has 0 aliphatic carbocycles. The van der Waals surface area contributed by atoms with Crippen LogP contribution in [0.2, 0.25) is 0 Å². The number of carboxylic acid groups (broad SMARTS) is 1. The summed E-state index contributed by atoms with van der Waals surface area (Å²) in [5, 5.41) is 29.1. The molecular weight excluding hydrogens is 424 g/mol. The summed E-state index contributed by atoms with van der Waals surface area (Å²) in [7, 11) is 0. The van der Waals surface area contributed by atoms with Crippen molar-refractivity contribution in [3.63, 3.8) is 0 Å². The van der Waals surface area contributed by atoms with Gasteiger partial charge < -0.3 is 31.5 Å². The summed E-state index contributed by atoms with van der Waals surface area (Å²) in [5.74, 6) is -2.75. The second kappa shape index (κ2) is 11.6. The molecule has 1 fully saturated rings. The van der Waals surface area contributed by atoms with E-state index < -0.39 is 35.9 Å². The van der Waals surface area contributed by atoms with Gasteiger partial charge in [-0.25, -0.2) is 0 Å². The summed E-state index contributed by atoms with van der Waals surface area (Å²) in [4.78, 5) is 48.8. The van der Waals surface area contributed by atoms with Crippen LogP contribution in [0.15, 0.2) is 24.3 Å². The molecule has 1 aromatic rings. The maximum Gasteiger partial charge on any atom is 0.325 e. The maximum atomic E-state index is 12.8. The normalized spacial score (nSPS) is 18.5. The van der Waals surface area contributed by atoms with Crippen LogP contribution in [0.4, 0.5) is 0 Å². The Hall–Kier alpha value is -2.79. The highest BCUT2D eigenvalue weighted by Gasteiger charge is 2.30. The number of nitrogens with one attached hydrogen (secondary N) is 4. The summed E-state index contributed by atoms with van der Waals surface area (Å²) < 4.78 is 0. The molecule has 3 amide bonds. The summed E-state index contributed by atoms with van der Waals surface area (Å²) in [5.41, 5.74) is 0.642. The predicted molar refractivity (Wildman–Crippen MR) is 116 cm³/mol. The molecule has 2 rings (SSSR count). The highest BCUT2D eigenvalue weighted by atomic mass is 32.1. The zero-order valence-electron chi connectivity index (χ0n) is 17.1. The fourth-order valence-electron chi connectivity index (χ4n) is 3.10. The molecule has 170 valence electrons. The second-order valence-corrected chi connectivity index (χ2v) is 7.76. The number of carboxylic acids is 1. The lowest BCUT2D eigenvalue weighted by atomic mass is 10.0. The molecule has 0 aromatic heterocycles. The van der Waals surface area contributed by atoms with Crippen molar-refractivity contribution in [1.82, 2.24) is 21.3 Å². The quantitative estimate of drug-likeness (QED) is 0.229. The molecule has 1 heterocycles. The van der Waals surface area contributed by atoms with Crippen LogP contribution < -0.4 is 21.3 Å². The van der Waals surface area contributed by atoms with Crippen LogP contribution in [0.5, 0.6) is 5.75 Å². The molecule has 1 aromatic carbocycles. The number of rotatable bonds is 10. The minimum Gasteiger partial charge on any atom is -0.508 e. The van der Waals surface area contributed by atoms with Crippen molar-refractivity contribution in [3.05, 3.63) is 29.8 Å². The van der Waals surface area contributed by atoms with Gasteiger partial charge in [-0.15, -0.1) is 0 Å². The van der Waals surface area contributed by atoms with Crippen LogP contribution in [0.25, 0.3) is 0 Å². The topological polar surface area (TPSA) is 157 Å². The fourth-order valence-corrected chi connectivity index (χ4v) is 3.36. The molecule has 4 unspecified atom stereocenters. The van der Waals surface area contributed by atoms with E-state index in [4.69, 9.17) is 5.11 Å². The van der Waals surface area contributed by atoms with Crippen LogP contribution in [0, 0.1) is 0 Å².